The zero-order valence-corrected chi connectivity index (χ0v) is 15.7. The minimum atomic E-state index is -4.47. The fourth-order valence-electron chi connectivity index (χ4n) is 3.72. The molecule has 5 rings (SSSR count). The van der Waals surface area contributed by atoms with Crippen LogP contribution in [0.4, 0.5) is 13.2 Å². The van der Waals surface area contributed by atoms with Crippen molar-refractivity contribution in [3.05, 3.63) is 70.6 Å². The van der Waals surface area contributed by atoms with Crippen molar-refractivity contribution >= 4 is 0 Å². The molecule has 2 aliphatic heterocycles. The molecule has 156 valence electrons. The first-order chi connectivity index (χ1) is 14.9. The summed E-state index contributed by atoms with van der Waals surface area (Å²) < 4.78 is 55.3. The Kier molecular flexibility index (Phi) is 4.08. The summed E-state index contributed by atoms with van der Waals surface area (Å²) in [6.45, 7) is 0.106. The lowest BCUT2D eigenvalue weighted by atomic mass is 9.82. The van der Waals surface area contributed by atoms with Crippen molar-refractivity contribution in [2.24, 2.45) is 5.73 Å². The zero-order valence-electron chi connectivity index (χ0n) is 15.7. The number of nitrogens with one attached hydrogen (secondary N) is 1. The van der Waals surface area contributed by atoms with Gasteiger partial charge in [0.2, 0.25) is 18.6 Å². The molecule has 0 aliphatic carbocycles. The molecular formula is C21H13F3N4O3. The average molecular weight is 426 g/mol. The molecule has 0 fully saturated rings. The highest BCUT2D eigenvalue weighted by atomic mass is 19.4. The Morgan fingerprint density at radius 3 is 2.55 bits per heavy atom. The predicted molar refractivity (Wildman–Crippen MR) is 101 cm³/mol. The highest BCUT2D eigenvalue weighted by Gasteiger charge is 2.37. The SMILES string of the molecule is N#CC1=C(N)Oc2n[nH]c(-c3ccc4c(c3)OCO4)c2[C@@H]1c1ccc(C(F)(F)F)cc1. The molecule has 0 radical (unpaired) electrons. The molecule has 2 aromatic carbocycles. The number of ether oxygens (including phenoxy) is 3. The van der Waals surface area contributed by atoms with E-state index in [4.69, 9.17) is 19.9 Å². The van der Waals surface area contributed by atoms with Gasteiger partial charge in [0.05, 0.1) is 22.7 Å². The van der Waals surface area contributed by atoms with Gasteiger partial charge in [0.15, 0.2) is 11.5 Å². The number of rotatable bonds is 2. The molecule has 0 amide bonds. The van der Waals surface area contributed by atoms with Crippen LogP contribution >= 0.6 is 0 Å². The molecule has 31 heavy (non-hydrogen) atoms. The molecule has 0 saturated heterocycles. The normalized spacial score (nSPS) is 17.2. The van der Waals surface area contributed by atoms with Crippen molar-refractivity contribution in [3.8, 4) is 34.7 Å². The number of nitrogens with two attached hydrogens (primary N) is 1. The second-order valence-corrected chi connectivity index (χ2v) is 6.93. The molecule has 0 spiro atoms. The van der Waals surface area contributed by atoms with Crippen LogP contribution in [0, 0.1) is 11.3 Å². The molecule has 3 aromatic rings. The van der Waals surface area contributed by atoms with Gasteiger partial charge in [-0.15, -0.1) is 5.10 Å². The molecule has 0 bridgehead atoms. The number of H-pyrrole nitrogens is 1. The molecular weight excluding hydrogens is 413 g/mol. The minimum Gasteiger partial charge on any atom is -0.454 e. The maximum Gasteiger partial charge on any atom is 0.416 e. The van der Waals surface area contributed by atoms with Crippen LogP contribution in [0.3, 0.4) is 0 Å². The monoisotopic (exact) mass is 426 g/mol. The van der Waals surface area contributed by atoms with Crippen molar-refractivity contribution in [2.75, 3.05) is 6.79 Å². The van der Waals surface area contributed by atoms with E-state index in [0.717, 1.165) is 12.1 Å². The summed E-state index contributed by atoms with van der Waals surface area (Å²) in [5.41, 5.74) is 7.35. The molecule has 0 unspecified atom stereocenters. The number of nitriles is 1. The van der Waals surface area contributed by atoms with Crippen LogP contribution in [0.15, 0.2) is 53.9 Å². The number of nitrogens with zero attached hydrogens (tertiary/aromatic N) is 2. The quantitative estimate of drug-likeness (QED) is 0.641. The van der Waals surface area contributed by atoms with Crippen LogP contribution in [0.1, 0.15) is 22.6 Å². The van der Waals surface area contributed by atoms with Crippen LogP contribution in [0.25, 0.3) is 11.3 Å². The number of fused-ring (bicyclic) bond motifs is 2. The molecule has 7 nitrogen and oxygen atoms in total. The first kappa shape index (κ1) is 18.9. The van der Waals surface area contributed by atoms with E-state index in [2.05, 4.69) is 10.2 Å². The Bertz CT molecular complexity index is 1260. The summed E-state index contributed by atoms with van der Waals surface area (Å²) in [5, 5.41) is 16.8. The standard InChI is InChI=1S/C21H13F3N4O3/c22-21(23,24)12-4-1-10(2-5-12)16-13(8-25)19(26)31-20-17(16)18(27-28-20)11-3-6-14-15(7-11)30-9-29-14/h1-7,16H,9,26H2,(H,27,28)/t16-/m1/s1. The van der Waals surface area contributed by atoms with E-state index in [1.807, 2.05) is 6.07 Å². The van der Waals surface area contributed by atoms with Gasteiger partial charge in [0.25, 0.3) is 0 Å². The number of halogens is 3. The van der Waals surface area contributed by atoms with E-state index < -0.39 is 17.7 Å². The lowest BCUT2D eigenvalue weighted by Gasteiger charge is -2.24. The molecule has 10 heteroatoms. The lowest BCUT2D eigenvalue weighted by Crippen LogP contribution is -2.21. The molecule has 1 atom stereocenters. The van der Waals surface area contributed by atoms with Crippen molar-refractivity contribution in [1.29, 1.82) is 5.26 Å². The van der Waals surface area contributed by atoms with Gasteiger partial charge in [-0.3, -0.25) is 5.10 Å². The maximum atomic E-state index is 13.0. The molecule has 3 N–H and O–H groups in total. The third kappa shape index (κ3) is 3.02. The first-order valence-corrected chi connectivity index (χ1v) is 9.10. The molecule has 3 heterocycles. The Labute approximate surface area is 173 Å². The summed E-state index contributed by atoms with van der Waals surface area (Å²) in [4.78, 5) is 0. The fraction of sp³-hybridized carbons (Fsp3) is 0.143. The number of benzene rings is 2. The zero-order chi connectivity index (χ0) is 21.8. The van der Waals surface area contributed by atoms with Crippen molar-refractivity contribution in [2.45, 2.75) is 12.1 Å². The largest absolute Gasteiger partial charge is 0.454 e. The molecule has 2 aliphatic rings. The Balaban J connectivity index is 1.66. The van der Waals surface area contributed by atoms with Crippen molar-refractivity contribution in [1.82, 2.24) is 10.2 Å². The van der Waals surface area contributed by atoms with Gasteiger partial charge in [0, 0.05) is 5.56 Å². The fourth-order valence-corrected chi connectivity index (χ4v) is 3.72. The lowest BCUT2D eigenvalue weighted by molar-refractivity contribution is -0.137. The third-order valence-electron chi connectivity index (χ3n) is 5.17. The molecule has 0 saturated carbocycles. The number of aromatic nitrogens is 2. The summed E-state index contributed by atoms with van der Waals surface area (Å²) in [5.74, 6) is 0.363. The highest BCUT2D eigenvalue weighted by molar-refractivity contribution is 5.73. The summed E-state index contributed by atoms with van der Waals surface area (Å²) in [6, 6.07) is 11.9. The first-order valence-electron chi connectivity index (χ1n) is 9.10. The smallest absolute Gasteiger partial charge is 0.416 e. The summed E-state index contributed by atoms with van der Waals surface area (Å²) in [6.07, 6.45) is -4.47. The van der Waals surface area contributed by atoms with Crippen LogP contribution < -0.4 is 19.9 Å². The second-order valence-electron chi connectivity index (χ2n) is 6.93. The summed E-state index contributed by atoms with van der Waals surface area (Å²) in [7, 11) is 0. The number of alkyl halides is 3. The van der Waals surface area contributed by atoms with Gasteiger partial charge >= 0.3 is 6.18 Å². The Hall–Kier alpha value is -4.13. The van der Waals surface area contributed by atoms with Crippen molar-refractivity contribution < 1.29 is 27.4 Å². The van der Waals surface area contributed by atoms with E-state index in [-0.39, 0.29) is 24.1 Å². The van der Waals surface area contributed by atoms with Gasteiger partial charge in [0.1, 0.15) is 11.6 Å². The third-order valence-corrected chi connectivity index (χ3v) is 5.17. The van der Waals surface area contributed by atoms with E-state index in [9.17, 15) is 18.4 Å². The van der Waals surface area contributed by atoms with Gasteiger partial charge in [-0.05, 0) is 35.9 Å². The van der Waals surface area contributed by atoms with Gasteiger partial charge in [-0.2, -0.15) is 18.4 Å². The van der Waals surface area contributed by atoms with Gasteiger partial charge < -0.3 is 19.9 Å². The Morgan fingerprint density at radius 1 is 1.10 bits per heavy atom. The average Bonchev–Trinajstić information content (AvgIpc) is 3.38. The summed E-state index contributed by atoms with van der Waals surface area (Å²) >= 11 is 0. The number of hydrogen-bond donors (Lipinski definition) is 2. The van der Waals surface area contributed by atoms with Crippen LogP contribution in [-0.2, 0) is 6.18 Å². The number of hydrogen-bond acceptors (Lipinski definition) is 6. The van der Waals surface area contributed by atoms with Crippen LogP contribution in [0.2, 0.25) is 0 Å². The van der Waals surface area contributed by atoms with E-state index in [1.165, 1.54) is 12.1 Å². The van der Waals surface area contributed by atoms with Gasteiger partial charge in [-0.1, -0.05) is 12.1 Å². The number of aromatic amines is 1. The van der Waals surface area contributed by atoms with Gasteiger partial charge in [-0.25, -0.2) is 0 Å². The van der Waals surface area contributed by atoms with Crippen LogP contribution in [-0.4, -0.2) is 17.0 Å². The predicted octanol–water partition coefficient (Wildman–Crippen LogP) is 4.04. The minimum absolute atomic E-state index is 0.0793. The van der Waals surface area contributed by atoms with Crippen molar-refractivity contribution in [3.63, 3.8) is 0 Å². The number of allylic oxidation sites excluding steroid dienone is 1. The Morgan fingerprint density at radius 2 is 1.84 bits per heavy atom. The highest BCUT2D eigenvalue weighted by Crippen LogP contribution is 2.47. The second kappa shape index (κ2) is 6.70. The van der Waals surface area contributed by atoms with E-state index >= 15 is 0 Å². The molecule has 1 aromatic heterocycles. The van der Waals surface area contributed by atoms with Crippen LogP contribution in [0.5, 0.6) is 17.4 Å². The van der Waals surface area contributed by atoms with E-state index in [1.54, 1.807) is 18.2 Å². The topological polar surface area (TPSA) is 106 Å². The maximum absolute atomic E-state index is 13.0. The van der Waals surface area contributed by atoms with E-state index in [0.29, 0.717) is 33.9 Å².